The lowest BCUT2D eigenvalue weighted by Gasteiger charge is -2.33. The van der Waals surface area contributed by atoms with Gasteiger partial charge in [0.25, 0.3) is 0 Å². The van der Waals surface area contributed by atoms with Gasteiger partial charge in [0.2, 0.25) is 5.89 Å². The highest BCUT2D eigenvalue weighted by Gasteiger charge is 2.21. The van der Waals surface area contributed by atoms with Gasteiger partial charge in [-0.05, 0) is 31.9 Å². The van der Waals surface area contributed by atoms with Gasteiger partial charge >= 0.3 is 0 Å². The molecule has 0 unspecified atom stereocenters. The topological polar surface area (TPSA) is 89.2 Å². The van der Waals surface area contributed by atoms with Crippen molar-refractivity contribution in [1.29, 1.82) is 0 Å². The highest BCUT2D eigenvalue weighted by Crippen LogP contribution is 2.17. The van der Waals surface area contributed by atoms with Crippen LogP contribution >= 0.6 is 0 Å². The third-order valence-corrected chi connectivity index (χ3v) is 4.11. The largest absolute Gasteiger partial charge is 0.384 e. The molecule has 0 aliphatic carbocycles. The average molecular weight is 332 g/mol. The predicted octanol–water partition coefficient (Wildman–Crippen LogP) is 1.12. The zero-order valence-electron chi connectivity index (χ0n) is 14.2. The van der Waals surface area contributed by atoms with Crippen LogP contribution in [0.1, 0.15) is 30.3 Å². The molecule has 1 N–H and O–H groups in total. The Morgan fingerprint density at radius 2 is 2.29 bits per heavy atom. The lowest BCUT2D eigenvalue weighted by molar-refractivity contribution is 0.199. The first-order valence-corrected chi connectivity index (χ1v) is 8.33. The highest BCUT2D eigenvalue weighted by molar-refractivity contribution is 5.38. The number of aromatic nitrogens is 4. The first kappa shape index (κ1) is 16.8. The molecule has 1 aliphatic rings. The zero-order valence-corrected chi connectivity index (χ0v) is 14.2. The van der Waals surface area contributed by atoms with E-state index in [9.17, 15) is 0 Å². The minimum absolute atomic E-state index is 0.371. The molecule has 3 heterocycles. The second kappa shape index (κ2) is 8.16. The van der Waals surface area contributed by atoms with E-state index < -0.39 is 0 Å². The summed E-state index contributed by atoms with van der Waals surface area (Å²) in [6.45, 7) is 5.04. The maximum absolute atomic E-state index is 5.26. The summed E-state index contributed by atoms with van der Waals surface area (Å²) < 4.78 is 10.3. The molecule has 0 saturated carbocycles. The molecule has 130 valence electrons. The smallest absolute Gasteiger partial charge is 0.240 e. The SMILES string of the molecule is COCCc1noc(CN[C@H]2CCCN(c3ccc(C)nn3)C2)n1. The molecule has 1 aliphatic heterocycles. The quantitative estimate of drug-likeness (QED) is 0.807. The standard InChI is InChI=1S/C16H24N6O2/c1-12-5-6-15(20-19-12)22-8-3-4-13(11-22)17-10-16-18-14(21-24-16)7-9-23-2/h5-6,13,17H,3-4,7-11H2,1-2H3/t13-/m0/s1. The van der Waals surface area contributed by atoms with E-state index in [-0.39, 0.29) is 0 Å². The molecule has 8 heteroatoms. The van der Waals surface area contributed by atoms with Crippen molar-refractivity contribution in [3.8, 4) is 0 Å². The van der Waals surface area contributed by atoms with Gasteiger partial charge in [-0.1, -0.05) is 5.16 Å². The zero-order chi connectivity index (χ0) is 16.8. The van der Waals surface area contributed by atoms with Gasteiger partial charge in [-0.25, -0.2) is 0 Å². The summed E-state index contributed by atoms with van der Waals surface area (Å²) in [7, 11) is 1.66. The Labute approximate surface area is 141 Å². The van der Waals surface area contributed by atoms with Crippen LogP contribution in [-0.2, 0) is 17.7 Å². The van der Waals surface area contributed by atoms with Crippen LogP contribution in [0.5, 0.6) is 0 Å². The van der Waals surface area contributed by atoms with Crippen molar-refractivity contribution >= 4 is 5.82 Å². The number of nitrogens with zero attached hydrogens (tertiary/aromatic N) is 5. The van der Waals surface area contributed by atoms with Crippen molar-refractivity contribution in [1.82, 2.24) is 25.7 Å². The lowest BCUT2D eigenvalue weighted by Crippen LogP contribution is -2.45. The van der Waals surface area contributed by atoms with E-state index in [1.807, 2.05) is 19.1 Å². The van der Waals surface area contributed by atoms with E-state index in [1.54, 1.807) is 7.11 Å². The van der Waals surface area contributed by atoms with Crippen LogP contribution in [0.15, 0.2) is 16.7 Å². The molecule has 0 radical (unpaired) electrons. The molecule has 0 aromatic carbocycles. The summed E-state index contributed by atoms with van der Waals surface area (Å²) in [5.41, 5.74) is 0.936. The third kappa shape index (κ3) is 4.48. The molecule has 24 heavy (non-hydrogen) atoms. The first-order chi connectivity index (χ1) is 11.7. The van der Waals surface area contributed by atoms with Gasteiger partial charge in [-0.3, -0.25) is 0 Å². The molecule has 2 aromatic rings. The van der Waals surface area contributed by atoms with Gasteiger partial charge in [0.05, 0.1) is 18.8 Å². The van der Waals surface area contributed by atoms with Crippen molar-refractivity contribution in [2.24, 2.45) is 0 Å². The Balaban J connectivity index is 1.50. The number of rotatable bonds is 7. The number of aryl methyl sites for hydroxylation is 1. The molecular weight excluding hydrogens is 308 g/mol. The van der Waals surface area contributed by atoms with Gasteiger partial charge in [-0.2, -0.15) is 10.1 Å². The molecule has 0 spiro atoms. The summed E-state index contributed by atoms with van der Waals surface area (Å²) in [5.74, 6) is 2.24. The molecule has 0 amide bonds. The molecule has 1 atom stereocenters. The number of hydrogen-bond donors (Lipinski definition) is 1. The van der Waals surface area contributed by atoms with Crippen LogP contribution in [0, 0.1) is 6.92 Å². The van der Waals surface area contributed by atoms with Gasteiger partial charge in [0, 0.05) is 32.7 Å². The summed E-state index contributed by atoms with van der Waals surface area (Å²) >= 11 is 0. The lowest BCUT2D eigenvalue weighted by atomic mass is 10.1. The normalized spacial score (nSPS) is 18.1. The maximum atomic E-state index is 5.26. The van der Waals surface area contributed by atoms with Crippen molar-refractivity contribution in [3.63, 3.8) is 0 Å². The Morgan fingerprint density at radius 1 is 1.38 bits per heavy atom. The van der Waals surface area contributed by atoms with E-state index in [0.717, 1.165) is 37.4 Å². The molecule has 8 nitrogen and oxygen atoms in total. The number of nitrogens with one attached hydrogen (secondary N) is 1. The average Bonchev–Trinajstić information content (AvgIpc) is 3.07. The molecule has 1 saturated heterocycles. The Kier molecular flexibility index (Phi) is 5.71. The minimum atomic E-state index is 0.371. The van der Waals surface area contributed by atoms with Crippen LogP contribution in [0.25, 0.3) is 0 Å². The Hall–Kier alpha value is -2.06. The van der Waals surface area contributed by atoms with Crippen LogP contribution in [0.2, 0.25) is 0 Å². The maximum Gasteiger partial charge on any atom is 0.240 e. The number of ether oxygens (including phenoxy) is 1. The number of anilines is 1. The van der Waals surface area contributed by atoms with Crippen LogP contribution in [0.3, 0.4) is 0 Å². The van der Waals surface area contributed by atoms with Crippen LogP contribution < -0.4 is 10.2 Å². The predicted molar refractivity (Wildman–Crippen MR) is 88.7 cm³/mol. The van der Waals surface area contributed by atoms with Gasteiger partial charge in [0.1, 0.15) is 0 Å². The van der Waals surface area contributed by atoms with Crippen molar-refractivity contribution in [2.75, 3.05) is 31.7 Å². The van der Waals surface area contributed by atoms with E-state index in [2.05, 4.69) is 30.6 Å². The third-order valence-electron chi connectivity index (χ3n) is 4.11. The fourth-order valence-electron chi connectivity index (χ4n) is 2.80. The van der Waals surface area contributed by atoms with Crippen LogP contribution in [-0.4, -0.2) is 53.2 Å². The van der Waals surface area contributed by atoms with Crippen molar-refractivity contribution < 1.29 is 9.26 Å². The Bertz CT molecular complexity index is 630. The second-order valence-electron chi connectivity index (χ2n) is 6.05. The summed E-state index contributed by atoms with van der Waals surface area (Å²) in [5, 5.41) is 15.9. The number of hydrogen-bond acceptors (Lipinski definition) is 8. The molecule has 0 bridgehead atoms. The highest BCUT2D eigenvalue weighted by atomic mass is 16.5. The van der Waals surface area contributed by atoms with E-state index in [0.29, 0.717) is 37.3 Å². The Morgan fingerprint density at radius 3 is 3.08 bits per heavy atom. The van der Waals surface area contributed by atoms with Gasteiger partial charge in [-0.15, -0.1) is 5.10 Å². The number of piperidine rings is 1. The van der Waals surface area contributed by atoms with Gasteiger partial charge in [0.15, 0.2) is 11.6 Å². The summed E-state index contributed by atoms with van der Waals surface area (Å²) in [6, 6.07) is 4.40. The molecule has 3 rings (SSSR count). The van der Waals surface area contributed by atoms with E-state index in [4.69, 9.17) is 9.26 Å². The minimum Gasteiger partial charge on any atom is -0.384 e. The van der Waals surface area contributed by atoms with Crippen molar-refractivity contribution in [2.45, 2.75) is 38.8 Å². The molecular formula is C16H24N6O2. The fraction of sp³-hybridized carbons (Fsp3) is 0.625. The summed E-state index contributed by atoms with van der Waals surface area (Å²) in [4.78, 5) is 6.63. The monoisotopic (exact) mass is 332 g/mol. The second-order valence-corrected chi connectivity index (χ2v) is 6.05. The van der Waals surface area contributed by atoms with E-state index in [1.165, 1.54) is 0 Å². The fourth-order valence-corrected chi connectivity index (χ4v) is 2.80. The first-order valence-electron chi connectivity index (χ1n) is 8.33. The van der Waals surface area contributed by atoms with E-state index >= 15 is 0 Å². The van der Waals surface area contributed by atoms with Gasteiger partial charge < -0.3 is 19.5 Å². The molecule has 1 fully saturated rings. The van der Waals surface area contributed by atoms with Crippen molar-refractivity contribution in [3.05, 3.63) is 29.5 Å². The summed E-state index contributed by atoms with van der Waals surface area (Å²) in [6.07, 6.45) is 2.92. The number of methoxy groups -OCH3 is 1. The molecule has 2 aromatic heterocycles. The van der Waals surface area contributed by atoms with Crippen LogP contribution in [0.4, 0.5) is 5.82 Å².